The number of hydrogen-bond donors (Lipinski definition) is 0. The summed E-state index contributed by atoms with van der Waals surface area (Å²) in [5.41, 5.74) is 2.13. The van der Waals surface area contributed by atoms with Crippen molar-refractivity contribution in [3.05, 3.63) is 34.1 Å². The number of halogens is 1. The molecule has 0 spiro atoms. The first-order chi connectivity index (χ1) is 7.36. The van der Waals surface area contributed by atoms with Gasteiger partial charge in [-0.3, -0.25) is 0 Å². The molecule has 2 aromatic heterocycles. The first-order valence-corrected chi connectivity index (χ1v) is 6.75. The van der Waals surface area contributed by atoms with Crippen molar-refractivity contribution in [2.24, 2.45) is 0 Å². The first kappa shape index (κ1) is 9.45. The van der Waals surface area contributed by atoms with Crippen molar-refractivity contribution in [2.75, 3.05) is 0 Å². The molecule has 0 saturated heterocycles. The molecular formula is C10H5BrN2S2. The standard InChI is InChI=1S/C10H5BrN2S2/c11-6-3-4-8-10(12-13-15-8)9(6)7-2-1-5-14-7/h1-5H. The second-order valence-corrected chi connectivity index (χ2v) is 5.61. The Morgan fingerprint density at radius 2 is 2.13 bits per heavy atom. The zero-order valence-electron chi connectivity index (χ0n) is 7.48. The number of thiophene rings is 1. The van der Waals surface area contributed by atoms with Crippen LogP contribution in [-0.2, 0) is 0 Å². The van der Waals surface area contributed by atoms with E-state index in [0.717, 1.165) is 20.3 Å². The van der Waals surface area contributed by atoms with E-state index in [-0.39, 0.29) is 0 Å². The molecule has 2 heterocycles. The average molecular weight is 297 g/mol. The second kappa shape index (κ2) is 3.66. The number of nitrogens with zero attached hydrogens (tertiary/aromatic N) is 2. The minimum absolute atomic E-state index is 0.983. The molecule has 0 bridgehead atoms. The Bertz CT molecular complexity index is 601. The van der Waals surface area contributed by atoms with Crippen LogP contribution in [0, 0.1) is 0 Å². The van der Waals surface area contributed by atoms with Crippen LogP contribution in [0.25, 0.3) is 20.7 Å². The summed E-state index contributed by atoms with van der Waals surface area (Å²) in [5, 5.41) is 6.25. The van der Waals surface area contributed by atoms with Gasteiger partial charge in [0.25, 0.3) is 0 Å². The third-order valence-electron chi connectivity index (χ3n) is 2.14. The Balaban J connectivity index is 2.41. The topological polar surface area (TPSA) is 25.8 Å². The zero-order chi connectivity index (χ0) is 10.3. The van der Waals surface area contributed by atoms with Gasteiger partial charge >= 0.3 is 0 Å². The maximum Gasteiger partial charge on any atom is 0.115 e. The van der Waals surface area contributed by atoms with Crippen LogP contribution in [0.3, 0.4) is 0 Å². The van der Waals surface area contributed by atoms with Gasteiger partial charge in [0.05, 0.1) is 4.70 Å². The van der Waals surface area contributed by atoms with Crippen molar-refractivity contribution in [3.63, 3.8) is 0 Å². The van der Waals surface area contributed by atoms with Gasteiger partial charge in [0.1, 0.15) is 5.52 Å². The van der Waals surface area contributed by atoms with E-state index >= 15 is 0 Å². The predicted octanol–water partition coefficient (Wildman–Crippen LogP) is 4.18. The van der Waals surface area contributed by atoms with Gasteiger partial charge in [0.15, 0.2) is 0 Å². The van der Waals surface area contributed by atoms with Gasteiger partial charge in [-0.1, -0.05) is 26.5 Å². The first-order valence-electron chi connectivity index (χ1n) is 4.31. The molecule has 3 aromatic rings. The van der Waals surface area contributed by atoms with Gasteiger partial charge in [0, 0.05) is 14.9 Å². The predicted molar refractivity (Wildman–Crippen MR) is 68.4 cm³/mol. The molecule has 0 N–H and O–H groups in total. The van der Waals surface area contributed by atoms with Gasteiger partial charge < -0.3 is 0 Å². The minimum Gasteiger partial charge on any atom is -0.144 e. The fourth-order valence-corrected chi connectivity index (χ4v) is 3.50. The molecule has 3 rings (SSSR count). The lowest BCUT2D eigenvalue weighted by Gasteiger charge is -2.01. The molecule has 5 heteroatoms. The van der Waals surface area contributed by atoms with Crippen LogP contribution in [0.5, 0.6) is 0 Å². The third kappa shape index (κ3) is 1.51. The van der Waals surface area contributed by atoms with E-state index in [4.69, 9.17) is 0 Å². The van der Waals surface area contributed by atoms with Crippen LogP contribution in [-0.4, -0.2) is 9.59 Å². The quantitative estimate of drug-likeness (QED) is 0.673. The Labute approximate surface area is 103 Å². The molecule has 0 aliphatic carbocycles. The molecule has 0 fully saturated rings. The van der Waals surface area contributed by atoms with E-state index in [0.29, 0.717) is 0 Å². The number of aromatic nitrogens is 2. The molecule has 0 aliphatic heterocycles. The van der Waals surface area contributed by atoms with E-state index in [2.05, 4.69) is 43.0 Å². The van der Waals surface area contributed by atoms with E-state index in [1.165, 1.54) is 16.4 Å². The van der Waals surface area contributed by atoms with E-state index < -0.39 is 0 Å². The number of benzene rings is 1. The van der Waals surface area contributed by atoms with E-state index in [1.54, 1.807) is 11.3 Å². The third-order valence-corrected chi connectivity index (χ3v) is 4.38. The molecule has 15 heavy (non-hydrogen) atoms. The molecule has 2 nitrogen and oxygen atoms in total. The monoisotopic (exact) mass is 296 g/mol. The summed E-state index contributed by atoms with van der Waals surface area (Å²) in [4.78, 5) is 1.22. The smallest absolute Gasteiger partial charge is 0.115 e. The normalized spacial score (nSPS) is 11.0. The summed E-state index contributed by atoms with van der Waals surface area (Å²) in [6.07, 6.45) is 0. The second-order valence-electron chi connectivity index (χ2n) is 3.02. The number of hydrogen-bond acceptors (Lipinski definition) is 4. The molecule has 0 radical (unpaired) electrons. The Morgan fingerprint density at radius 3 is 2.93 bits per heavy atom. The molecule has 0 saturated carbocycles. The van der Waals surface area contributed by atoms with Crippen LogP contribution in [0.4, 0.5) is 0 Å². The summed E-state index contributed by atoms with van der Waals surface area (Å²) in [7, 11) is 0. The van der Waals surface area contributed by atoms with Gasteiger partial charge in [-0.25, -0.2) is 0 Å². The highest BCUT2D eigenvalue weighted by molar-refractivity contribution is 9.10. The lowest BCUT2D eigenvalue weighted by Crippen LogP contribution is -1.79. The SMILES string of the molecule is Brc1ccc2snnc2c1-c1cccs1. The van der Waals surface area contributed by atoms with Gasteiger partial charge in [-0.2, -0.15) is 0 Å². The lowest BCUT2D eigenvalue weighted by atomic mass is 10.1. The highest BCUT2D eigenvalue weighted by Gasteiger charge is 2.11. The summed E-state index contributed by atoms with van der Waals surface area (Å²) in [5.74, 6) is 0. The Hall–Kier alpha value is -0.780. The van der Waals surface area contributed by atoms with Crippen LogP contribution in [0.15, 0.2) is 34.1 Å². The van der Waals surface area contributed by atoms with Crippen LogP contribution in [0.2, 0.25) is 0 Å². The Kier molecular flexibility index (Phi) is 2.31. The molecule has 0 amide bonds. The van der Waals surface area contributed by atoms with Crippen LogP contribution >= 0.6 is 38.8 Å². The molecular weight excluding hydrogens is 292 g/mol. The fourth-order valence-electron chi connectivity index (χ4n) is 1.48. The van der Waals surface area contributed by atoms with Crippen LogP contribution < -0.4 is 0 Å². The van der Waals surface area contributed by atoms with Crippen molar-refractivity contribution in [1.82, 2.24) is 9.59 Å². The molecule has 0 aliphatic rings. The molecule has 0 unspecified atom stereocenters. The molecule has 1 aromatic carbocycles. The summed E-state index contributed by atoms with van der Waals surface area (Å²) >= 11 is 6.71. The maximum absolute atomic E-state index is 4.18. The highest BCUT2D eigenvalue weighted by atomic mass is 79.9. The summed E-state index contributed by atoms with van der Waals surface area (Å²) in [6.45, 7) is 0. The summed E-state index contributed by atoms with van der Waals surface area (Å²) in [6, 6.07) is 8.24. The lowest BCUT2D eigenvalue weighted by molar-refractivity contribution is 1.20. The molecule has 74 valence electrons. The largest absolute Gasteiger partial charge is 0.144 e. The van der Waals surface area contributed by atoms with Gasteiger partial charge in [-0.15, -0.1) is 16.4 Å². The van der Waals surface area contributed by atoms with Crippen molar-refractivity contribution in [3.8, 4) is 10.4 Å². The van der Waals surface area contributed by atoms with Crippen molar-refractivity contribution in [1.29, 1.82) is 0 Å². The highest BCUT2D eigenvalue weighted by Crippen LogP contribution is 2.37. The van der Waals surface area contributed by atoms with Gasteiger partial charge in [0.2, 0.25) is 0 Å². The van der Waals surface area contributed by atoms with E-state index in [9.17, 15) is 0 Å². The van der Waals surface area contributed by atoms with Crippen molar-refractivity contribution >= 4 is 49.0 Å². The fraction of sp³-hybridized carbons (Fsp3) is 0. The average Bonchev–Trinajstić information content (AvgIpc) is 2.85. The van der Waals surface area contributed by atoms with Gasteiger partial charge in [-0.05, 0) is 35.1 Å². The maximum atomic E-state index is 4.18. The number of rotatable bonds is 1. The number of fused-ring (bicyclic) bond motifs is 1. The summed E-state index contributed by atoms with van der Waals surface area (Å²) < 4.78 is 6.19. The molecule has 0 atom stereocenters. The zero-order valence-corrected chi connectivity index (χ0v) is 10.7. The van der Waals surface area contributed by atoms with Crippen LogP contribution in [0.1, 0.15) is 0 Å². The van der Waals surface area contributed by atoms with Crippen molar-refractivity contribution < 1.29 is 0 Å². The van der Waals surface area contributed by atoms with Crippen molar-refractivity contribution in [2.45, 2.75) is 0 Å². The Morgan fingerprint density at radius 1 is 1.20 bits per heavy atom. The minimum atomic E-state index is 0.983. The van der Waals surface area contributed by atoms with E-state index in [1.807, 2.05) is 12.1 Å².